The Balaban J connectivity index is 1.41. The van der Waals surface area contributed by atoms with Crippen LogP contribution in [0.15, 0.2) is 42.6 Å². The molecule has 1 aliphatic heterocycles. The van der Waals surface area contributed by atoms with E-state index in [2.05, 4.69) is 10.3 Å². The molecule has 1 aromatic heterocycles. The van der Waals surface area contributed by atoms with E-state index in [0.717, 1.165) is 36.2 Å². The number of benzene rings is 1. The van der Waals surface area contributed by atoms with Gasteiger partial charge in [-0.1, -0.05) is 18.2 Å². The third-order valence-electron chi connectivity index (χ3n) is 5.42. The van der Waals surface area contributed by atoms with Gasteiger partial charge in [0.1, 0.15) is 5.75 Å². The number of carbonyl (C=O) groups excluding carboxylic acids is 2. The number of nitrogens with one attached hydrogen (secondary N) is 1. The molecule has 2 aromatic rings. The molecule has 1 atom stereocenters. The fourth-order valence-electron chi connectivity index (χ4n) is 3.65. The summed E-state index contributed by atoms with van der Waals surface area (Å²) in [7, 11) is 0. The normalized spacial score (nSPS) is 17.0. The summed E-state index contributed by atoms with van der Waals surface area (Å²) in [5, 5.41) is 2.80. The third-order valence-corrected chi connectivity index (χ3v) is 5.42. The number of nitrogens with zero attached hydrogens (tertiary/aromatic N) is 2. The van der Waals surface area contributed by atoms with E-state index in [0.29, 0.717) is 17.5 Å². The first-order valence-corrected chi connectivity index (χ1v) is 10.5. The van der Waals surface area contributed by atoms with Crippen molar-refractivity contribution in [3.8, 4) is 11.6 Å². The summed E-state index contributed by atoms with van der Waals surface area (Å²) < 4.78 is 5.89. The molecule has 2 aliphatic rings. The van der Waals surface area contributed by atoms with Crippen molar-refractivity contribution in [1.29, 1.82) is 0 Å². The molecule has 2 amide bonds. The van der Waals surface area contributed by atoms with Crippen molar-refractivity contribution >= 4 is 17.9 Å². The smallest absolute Gasteiger partial charge is 0.254 e. The number of carbonyl (C=O) groups is 2. The van der Waals surface area contributed by atoms with Crippen molar-refractivity contribution in [2.75, 3.05) is 13.1 Å². The molecule has 0 saturated heterocycles. The van der Waals surface area contributed by atoms with Crippen LogP contribution < -0.4 is 10.1 Å². The van der Waals surface area contributed by atoms with E-state index in [1.54, 1.807) is 12.3 Å². The van der Waals surface area contributed by atoms with Gasteiger partial charge in [0.05, 0.1) is 0 Å². The molecule has 1 fully saturated rings. The molecular weight excluding hydrogens is 378 g/mol. The minimum atomic E-state index is -0.0618. The molecule has 0 radical (unpaired) electrons. The van der Waals surface area contributed by atoms with Crippen LogP contribution in [0.25, 0.3) is 6.08 Å². The van der Waals surface area contributed by atoms with Crippen LogP contribution in [0.4, 0.5) is 0 Å². The van der Waals surface area contributed by atoms with Gasteiger partial charge in [-0.3, -0.25) is 9.59 Å². The van der Waals surface area contributed by atoms with Crippen LogP contribution in [-0.2, 0) is 11.2 Å². The molecular formula is C24H27N3O3. The fourth-order valence-corrected chi connectivity index (χ4v) is 3.65. The van der Waals surface area contributed by atoms with E-state index in [-0.39, 0.29) is 17.9 Å². The van der Waals surface area contributed by atoms with Gasteiger partial charge in [0.2, 0.25) is 11.8 Å². The van der Waals surface area contributed by atoms with E-state index in [1.165, 1.54) is 19.8 Å². The second kappa shape index (κ2) is 8.69. The average molecular weight is 405 g/mol. The zero-order valence-corrected chi connectivity index (χ0v) is 17.4. The number of amides is 2. The Morgan fingerprint density at radius 2 is 2.17 bits per heavy atom. The lowest BCUT2D eigenvalue weighted by atomic mass is 9.98. The lowest BCUT2D eigenvalue weighted by Gasteiger charge is -2.28. The lowest BCUT2D eigenvalue weighted by Crippen LogP contribution is -2.38. The summed E-state index contributed by atoms with van der Waals surface area (Å²) in [4.78, 5) is 30.2. The van der Waals surface area contributed by atoms with Gasteiger partial charge in [-0.15, -0.1) is 0 Å². The Morgan fingerprint density at radius 1 is 1.33 bits per heavy atom. The van der Waals surface area contributed by atoms with E-state index >= 15 is 0 Å². The molecule has 1 N–H and O–H groups in total. The van der Waals surface area contributed by atoms with Crippen LogP contribution in [0.3, 0.4) is 0 Å². The van der Waals surface area contributed by atoms with Gasteiger partial charge in [-0.2, -0.15) is 0 Å². The second-order valence-electron chi connectivity index (χ2n) is 8.14. The highest BCUT2D eigenvalue weighted by Gasteiger charge is 2.30. The van der Waals surface area contributed by atoms with Crippen molar-refractivity contribution in [2.45, 2.75) is 39.2 Å². The van der Waals surface area contributed by atoms with Crippen LogP contribution in [0.1, 0.15) is 48.2 Å². The van der Waals surface area contributed by atoms with Gasteiger partial charge < -0.3 is 15.0 Å². The van der Waals surface area contributed by atoms with Gasteiger partial charge in [-0.05, 0) is 61.4 Å². The fraction of sp³-hybridized carbons (Fsp3) is 0.375. The molecule has 1 aromatic carbocycles. The van der Waals surface area contributed by atoms with Crippen molar-refractivity contribution in [2.24, 2.45) is 5.92 Å². The molecule has 30 heavy (non-hydrogen) atoms. The molecule has 1 saturated carbocycles. The first-order chi connectivity index (χ1) is 14.5. The van der Waals surface area contributed by atoms with Crippen LogP contribution in [0.2, 0.25) is 0 Å². The maximum Gasteiger partial charge on any atom is 0.254 e. The number of pyridine rings is 1. The highest BCUT2D eigenvalue weighted by Crippen LogP contribution is 2.32. The van der Waals surface area contributed by atoms with Crippen LogP contribution >= 0.6 is 0 Å². The highest BCUT2D eigenvalue weighted by molar-refractivity contribution is 5.97. The van der Waals surface area contributed by atoms with Crippen LogP contribution in [-0.4, -0.2) is 40.8 Å². The first-order valence-electron chi connectivity index (χ1n) is 10.5. The Labute approximate surface area is 176 Å². The summed E-state index contributed by atoms with van der Waals surface area (Å²) in [6.45, 7) is 5.09. The SMILES string of the molecule is CC(=O)N[C@@H](C)/C=C/c1ccc(Oc2ccc3c(c2)C(=O)N(CC2CC2)CC3)nc1. The predicted octanol–water partition coefficient (Wildman–Crippen LogP) is 3.82. The van der Waals surface area contributed by atoms with E-state index in [1.807, 2.05) is 48.2 Å². The summed E-state index contributed by atoms with van der Waals surface area (Å²) in [5.41, 5.74) is 2.74. The summed E-state index contributed by atoms with van der Waals surface area (Å²) in [6.07, 6.45) is 8.90. The Morgan fingerprint density at radius 3 is 2.87 bits per heavy atom. The van der Waals surface area contributed by atoms with Gasteiger partial charge >= 0.3 is 0 Å². The van der Waals surface area contributed by atoms with Crippen LogP contribution in [0, 0.1) is 5.92 Å². The summed E-state index contributed by atoms with van der Waals surface area (Å²) in [6, 6.07) is 9.36. The molecule has 0 spiro atoms. The number of rotatable bonds is 7. The van der Waals surface area contributed by atoms with E-state index < -0.39 is 0 Å². The van der Waals surface area contributed by atoms with E-state index in [4.69, 9.17) is 4.74 Å². The molecule has 0 bridgehead atoms. The summed E-state index contributed by atoms with van der Waals surface area (Å²) in [5.74, 6) is 1.82. The monoisotopic (exact) mass is 405 g/mol. The number of hydrogen-bond acceptors (Lipinski definition) is 4. The Hall–Kier alpha value is -3.15. The predicted molar refractivity (Wildman–Crippen MR) is 115 cm³/mol. The topological polar surface area (TPSA) is 71.5 Å². The maximum absolute atomic E-state index is 12.8. The Kier molecular flexibility index (Phi) is 5.84. The van der Waals surface area contributed by atoms with Crippen LogP contribution in [0.5, 0.6) is 11.6 Å². The Bertz CT molecular complexity index is 964. The summed E-state index contributed by atoms with van der Waals surface area (Å²) >= 11 is 0. The lowest BCUT2D eigenvalue weighted by molar-refractivity contribution is -0.119. The van der Waals surface area contributed by atoms with Crippen molar-refractivity contribution < 1.29 is 14.3 Å². The van der Waals surface area contributed by atoms with Crippen molar-refractivity contribution in [1.82, 2.24) is 15.2 Å². The molecule has 4 rings (SSSR count). The standard InChI is InChI=1S/C24H27N3O3/c1-16(26-17(2)28)3-4-18-7-10-23(25-14-18)30-21-9-8-20-11-12-27(15-19-5-6-19)24(29)22(20)13-21/h3-4,7-10,13-14,16,19H,5-6,11-12,15H2,1-2H3,(H,26,28)/b4-3+/t16-/m0/s1. The second-order valence-corrected chi connectivity index (χ2v) is 8.14. The number of fused-ring (bicyclic) bond motifs is 1. The van der Waals surface area contributed by atoms with Gasteiger partial charge in [0.25, 0.3) is 5.91 Å². The number of aromatic nitrogens is 1. The molecule has 6 heteroatoms. The molecule has 156 valence electrons. The minimum absolute atomic E-state index is 0.0501. The molecule has 2 heterocycles. The molecule has 0 unspecified atom stereocenters. The highest BCUT2D eigenvalue weighted by atomic mass is 16.5. The zero-order chi connectivity index (χ0) is 21.1. The zero-order valence-electron chi connectivity index (χ0n) is 17.4. The first kappa shape index (κ1) is 20.1. The minimum Gasteiger partial charge on any atom is -0.439 e. The largest absolute Gasteiger partial charge is 0.439 e. The van der Waals surface area contributed by atoms with Gasteiger partial charge in [0, 0.05) is 43.9 Å². The van der Waals surface area contributed by atoms with E-state index in [9.17, 15) is 9.59 Å². The maximum atomic E-state index is 12.8. The van der Waals surface area contributed by atoms with Crippen molar-refractivity contribution in [3.63, 3.8) is 0 Å². The van der Waals surface area contributed by atoms with Crippen molar-refractivity contribution in [3.05, 3.63) is 59.3 Å². The molecule has 6 nitrogen and oxygen atoms in total. The quantitative estimate of drug-likeness (QED) is 0.760. The molecule has 1 aliphatic carbocycles. The number of ether oxygens (including phenoxy) is 1. The average Bonchev–Trinajstić information content (AvgIpc) is 3.54. The van der Waals surface area contributed by atoms with Gasteiger partial charge in [0.15, 0.2) is 0 Å². The van der Waals surface area contributed by atoms with Gasteiger partial charge in [-0.25, -0.2) is 4.98 Å². The number of hydrogen-bond donors (Lipinski definition) is 1. The third kappa shape index (κ3) is 5.06.